The van der Waals surface area contributed by atoms with Gasteiger partial charge in [0.15, 0.2) is 0 Å². The van der Waals surface area contributed by atoms with Gasteiger partial charge < -0.3 is 0 Å². The predicted octanol–water partition coefficient (Wildman–Crippen LogP) is 4.77. The Labute approximate surface area is 91.1 Å². The molecule has 0 bridgehead atoms. The SMILES string of the molecule is CCc1cc2c(Cl)c(Cl)ccc2s1. The first-order chi connectivity index (χ1) is 6.22. The second-order valence-electron chi connectivity index (χ2n) is 2.84. The molecule has 2 rings (SSSR count). The summed E-state index contributed by atoms with van der Waals surface area (Å²) >= 11 is 13.8. The fourth-order valence-corrected chi connectivity index (χ4v) is 2.73. The fourth-order valence-electron chi connectivity index (χ4n) is 1.28. The van der Waals surface area contributed by atoms with Crippen molar-refractivity contribution in [1.29, 1.82) is 0 Å². The third kappa shape index (κ3) is 1.56. The van der Waals surface area contributed by atoms with Crippen molar-refractivity contribution in [1.82, 2.24) is 0 Å². The van der Waals surface area contributed by atoms with E-state index in [0.29, 0.717) is 10.0 Å². The topological polar surface area (TPSA) is 0 Å². The smallest absolute Gasteiger partial charge is 0.0679 e. The molecule has 0 nitrogen and oxygen atoms in total. The van der Waals surface area contributed by atoms with Crippen molar-refractivity contribution in [2.24, 2.45) is 0 Å². The van der Waals surface area contributed by atoms with E-state index in [2.05, 4.69) is 13.0 Å². The zero-order valence-corrected chi connectivity index (χ0v) is 9.43. The molecule has 0 atom stereocenters. The van der Waals surface area contributed by atoms with E-state index in [1.54, 1.807) is 11.3 Å². The van der Waals surface area contributed by atoms with Crippen molar-refractivity contribution in [3.05, 3.63) is 33.1 Å². The van der Waals surface area contributed by atoms with Crippen LogP contribution in [0.4, 0.5) is 0 Å². The first-order valence-electron chi connectivity index (χ1n) is 4.08. The van der Waals surface area contributed by atoms with E-state index in [1.165, 1.54) is 9.58 Å². The lowest BCUT2D eigenvalue weighted by molar-refractivity contribution is 1.19. The maximum atomic E-state index is 6.07. The minimum absolute atomic E-state index is 0.634. The minimum atomic E-state index is 0.634. The van der Waals surface area contributed by atoms with E-state index in [0.717, 1.165) is 11.8 Å². The van der Waals surface area contributed by atoms with Gasteiger partial charge in [-0.1, -0.05) is 30.1 Å². The molecule has 68 valence electrons. The van der Waals surface area contributed by atoms with Gasteiger partial charge in [-0.2, -0.15) is 0 Å². The number of aryl methyl sites for hydroxylation is 1. The summed E-state index contributed by atoms with van der Waals surface area (Å²) in [6, 6.07) is 5.99. The summed E-state index contributed by atoms with van der Waals surface area (Å²) in [4.78, 5) is 1.35. The molecule has 0 amide bonds. The molecule has 0 aliphatic carbocycles. The average molecular weight is 231 g/mol. The number of thiophene rings is 1. The van der Waals surface area contributed by atoms with Gasteiger partial charge in [0.2, 0.25) is 0 Å². The molecule has 0 saturated carbocycles. The summed E-state index contributed by atoms with van der Waals surface area (Å²) in [5.74, 6) is 0. The molecule has 1 heterocycles. The highest BCUT2D eigenvalue weighted by Crippen LogP contribution is 2.35. The van der Waals surface area contributed by atoms with Gasteiger partial charge >= 0.3 is 0 Å². The standard InChI is InChI=1S/C10H8Cl2S/c1-2-6-5-7-9(13-6)4-3-8(11)10(7)12/h3-5H,2H2,1H3. The summed E-state index contributed by atoms with van der Waals surface area (Å²) in [7, 11) is 0. The van der Waals surface area contributed by atoms with E-state index < -0.39 is 0 Å². The summed E-state index contributed by atoms with van der Waals surface area (Å²) in [5.41, 5.74) is 0. The zero-order valence-electron chi connectivity index (χ0n) is 7.10. The normalized spacial score (nSPS) is 11.0. The van der Waals surface area contributed by atoms with Gasteiger partial charge in [-0.15, -0.1) is 11.3 Å². The van der Waals surface area contributed by atoms with Crippen LogP contribution in [-0.2, 0) is 6.42 Å². The van der Waals surface area contributed by atoms with Crippen LogP contribution in [0.2, 0.25) is 10.0 Å². The first-order valence-corrected chi connectivity index (χ1v) is 5.66. The van der Waals surface area contributed by atoms with E-state index in [-0.39, 0.29) is 0 Å². The van der Waals surface area contributed by atoms with Crippen molar-refractivity contribution in [2.45, 2.75) is 13.3 Å². The summed E-state index contributed by atoms with van der Waals surface area (Å²) in [6.45, 7) is 2.14. The molecule has 1 aromatic heterocycles. The van der Waals surface area contributed by atoms with Crippen LogP contribution in [0.3, 0.4) is 0 Å². The number of fused-ring (bicyclic) bond motifs is 1. The maximum absolute atomic E-state index is 6.07. The highest BCUT2D eigenvalue weighted by atomic mass is 35.5. The van der Waals surface area contributed by atoms with Gasteiger partial charge in [0.25, 0.3) is 0 Å². The van der Waals surface area contributed by atoms with Crippen molar-refractivity contribution < 1.29 is 0 Å². The number of hydrogen-bond acceptors (Lipinski definition) is 1. The van der Waals surface area contributed by atoms with Gasteiger partial charge in [-0.25, -0.2) is 0 Å². The minimum Gasteiger partial charge on any atom is -0.140 e. The molecule has 0 N–H and O–H groups in total. The molecule has 0 aliphatic heterocycles. The van der Waals surface area contributed by atoms with Crippen molar-refractivity contribution >= 4 is 44.6 Å². The number of benzene rings is 1. The van der Waals surface area contributed by atoms with Crippen LogP contribution >= 0.6 is 34.5 Å². The van der Waals surface area contributed by atoms with Gasteiger partial charge in [0, 0.05) is 15.0 Å². The van der Waals surface area contributed by atoms with Crippen molar-refractivity contribution in [3.63, 3.8) is 0 Å². The van der Waals surface area contributed by atoms with E-state index in [9.17, 15) is 0 Å². The van der Waals surface area contributed by atoms with E-state index in [1.807, 2.05) is 12.1 Å². The van der Waals surface area contributed by atoms with Crippen LogP contribution in [0.1, 0.15) is 11.8 Å². The Hall–Kier alpha value is -0.240. The lowest BCUT2D eigenvalue weighted by atomic mass is 10.2. The zero-order chi connectivity index (χ0) is 9.42. The molecular formula is C10H8Cl2S. The highest BCUT2D eigenvalue weighted by molar-refractivity contribution is 7.19. The molecule has 13 heavy (non-hydrogen) atoms. The molecule has 3 heteroatoms. The van der Waals surface area contributed by atoms with Crippen molar-refractivity contribution in [3.8, 4) is 0 Å². The largest absolute Gasteiger partial charge is 0.140 e. The van der Waals surface area contributed by atoms with Gasteiger partial charge in [0.1, 0.15) is 0 Å². The van der Waals surface area contributed by atoms with Crippen LogP contribution in [0.15, 0.2) is 18.2 Å². The van der Waals surface area contributed by atoms with Gasteiger partial charge in [-0.3, -0.25) is 0 Å². The lowest BCUT2D eigenvalue weighted by Gasteiger charge is -1.95. The van der Waals surface area contributed by atoms with E-state index in [4.69, 9.17) is 23.2 Å². The van der Waals surface area contributed by atoms with Crippen LogP contribution in [0.25, 0.3) is 10.1 Å². The predicted molar refractivity (Wildman–Crippen MR) is 61.2 cm³/mol. The summed E-state index contributed by atoms with van der Waals surface area (Å²) in [5, 5.41) is 2.39. The molecule has 0 spiro atoms. The molecule has 0 aliphatic rings. The third-order valence-corrected chi connectivity index (χ3v) is 4.05. The Morgan fingerprint density at radius 3 is 2.77 bits per heavy atom. The highest BCUT2D eigenvalue weighted by Gasteiger charge is 2.06. The molecule has 1 aromatic carbocycles. The second-order valence-corrected chi connectivity index (χ2v) is 4.79. The Kier molecular flexibility index (Phi) is 2.50. The van der Waals surface area contributed by atoms with E-state index >= 15 is 0 Å². The van der Waals surface area contributed by atoms with Crippen LogP contribution in [0, 0.1) is 0 Å². The Morgan fingerprint density at radius 2 is 2.08 bits per heavy atom. The molecule has 0 radical (unpaired) electrons. The number of halogens is 2. The Morgan fingerprint density at radius 1 is 1.31 bits per heavy atom. The monoisotopic (exact) mass is 230 g/mol. The third-order valence-electron chi connectivity index (χ3n) is 1.99. The summed E-state index contributed by atoms with van der Waals surface area (Å²) in [6.07, 6.45) is 1.05. The number of hydrogen-bond donors (Lipinski definition) is 0. The molecule has 0 saturated heterocycles. The van der Waals surface area contributed by atoms with Crippen LogP contribution in [-0.4, -0.2) is 0 Å². The first kappa shape index (κ1) is 9.32. The molecule has 2 aromatic rings. The Balaban J connectivity index is 2.76. The lowest BCUT2D eigenvalue weighted by Crippen LogP contribution is -1.69. The quantitative estimate of drug-likeness (QED) is 0.663. The van der Waals surface area contributed by atoms with Crippen LogP contribution in [0.5, 0.6) is 0 Å². The maximum Gasteiger partial charge on any atom is 0.0679 e. The van der Waals surface area contributed by atoms with Gasteiger partial charge in [0.05, 0.1) is 10.0 Å². The summed E-state index contributed by atoms with van der Waals surface area (Å²) < 4.78 is 1.21. The van der Waals surface area contributed by atoms with Gasteiger partial charge in [-0.05, 0) is 24.6 Å². The average Bonchev–Trinajstić information content (AvgIpc) is 2.55. The molecule has 0 fully saturated rings. The number of rotatable bonds is 1. The molecular weight excluding hydrogens is 223 g/mol. The Bertz CT molecular complexity index is 445. The second kappa shape index (κ2) is 3.49. The molecule has 0 unspecified atom stereocenters. The van der Waals surface area contributed by atoms with Crippen molar-refractivity contribution in [2.75, 3.05) is 0 Å². The fraction of sp³-hybridized carbons (Fsp3) is 0.200. The van der Waals surface area contributed by atoms with Crippen LogP contribution < -0.4 is 0 Å².